The summed E-state index contributed by atoms with van der Waals surface area (Å²) >= 11 is 6.08. The fraction of sp³-hybridized carbons (Fsp3) is 0. The number of aromatic nitrogens is 1. The van der Waals surface area contributed by atoms with E-state index in [0.29, 0.717) is 0 Å². The molecule has 1 aromatic carbocycles. The molecule has 2 nitrogen and oxygen atoms in total. The first-order valence-corrected chi connectivity index (χ1v) is 5.03. The summed E-state index contributed by atoms with van der Waals surface area (Å²) in [6, 6.07) is 11.6. The molecule has 1 N–H and O–H groups in total. The number of aromatic amines is 1. The molecule has 0 aliphatic rings. The van der Waals surface area contributed by atoms with Crippen LogP contribution < -0.4 is 0 Å². The average molecular weight is 218 g/mol. The molecule has 0 unspecified atom stereocenters. The van der Waals surface area contributed by atoms with Crippen molar-refractivity contribution in [1.82, 2.24) is 4.98 Å². The van der Waals surface area contributed by atoms with E-state index in [9.17, 15) is 0 Å². The van der Waals surface area contributed by atoms with Gasteiger partial charge in [-0.2, -0.15) is 0 Å². The molecule has 0 saturated heterocycles. The van der Waals surface area contributed by atoms with Crippen molar-refractivity contribution in [3.05, 3.63) is 47.7 Å². The molecular formula is C12H8ClNO. The van der Waals surface area contributed by atoms with E-state index in [1.165, 1.54) is 0 Å². The van der Waals surface area contributed by atoms with Crippen LogP contribution >= 0.6 is 11.6 Å². The van der Waals surface area contributed by atoms with Crippen molar-refractivity contribution in [3.63, 3.8) is 0 Å². The third kappa shape index (κ3) is 1.34. The highest BCUT2D eigenvalue weighted by Gasteiger charge is 2.06. The molecule has 0 saturated carbocycles. The summed E-state index contributed by atoms with van der Waals surface area (Å²) in [7, 11) is 0. The molecular weight excluding hydrogens is 210 g/mol. The van der Waals surface area contributed by atoms with Gasteiger partial charge in [0, 0.05) is 15.9 Å². The van der Waals surface area contributed by atoms with Crippen LogP contribution in [0.2, 0.25) is 5.02 Å². The van der Waals surface area contributed by atoms with Crippen LogP contribution in [0.5, 0.6) is 0 Å². The molecule has 74 valence electrons. The predicted octanol–water partition coefficient (Wildman–Crippen LogP) is 4.08. The van der Waals surface area contributed by atoms with Crippen molar-refractivity contribution in [2.75, 3.05) is 0 Å². The van der Waals surface area contributed by atoms with Gasteiger partial charge in [-0.05, 0) is 30.3 Å². The van der Waals surface area contributed by atoms with Gasteiger partial charge in [0.2, 0.25) is 0 Å². The highest BCUT2D eigenvalue weighted by molar-refractivity contribution is 6.35. The van der Waals surface area contributed by atoms with E-state index in [1.807, 2.05) is 36.4 Å². The van der Waals surface area contributed by atoms with Crippen molar-refractivity contribution in [2.24, 2.45) is 0 Å². The van der Waals surface area contributed by atoms with Crippen LogP contribution in [0.4, 0.5) is 0 Å². The van der Waals surface area contributed by atoms with E-state index in [0.717, 1.165) is 27.4 Å². The second kappa shape index (κ2) is 3.17. The Balaban J connectivity index is 2.27. The smallest absolute Gasteiger partial charge is 0.150 e. The van der Waals surface area contributed by atoms with Crippen LogP contribution in [-0.4, -0.2) is 4.98 Å². The number of nitrogens with one attached hydrogen (secondary N) is 1. The fourth-order valence-corrected chi connectivity index (χ4v) is 1.91. The number of fused-ring (bicyclic) bond motifs is 1. The van der Waals surface area contributed by atoms with Crippen LogP contribution in [0.15, 0.2) is 47.1 Å². The Morgan fingerprint density at radius 2 is 2.07 bits per heavy atom. The van der Waals surface area contributed by atoms with E-state index in [4.69, 9.17) is 16.0 Å². The maximum Gasteiger partial charge on any atom is 0.150 e. The highest BCUT2D eigenvalue weighted by atomic mass is 35.5. The lowest BCUT2D eigenvalue weighted by Crippen LogP contribution is -1.70. The van der Waals surface area contributed by atoms with Gasteiger partial charge in [-0.15, -0.1) is 0 Å². The second-order valence-corrected chi connectivity index (χ2v) is 3.77. The van der Waals surface area contributed by atoms with E-state index >= 15 is 0 Å². The third-order valence-electron chi connectivity index (χ3n) is 2.40. The lowest BCUT2D eigenvalue weighted by atomic mass is 10.2. The molecule has 0 amide bonds. The van der Waals surface area contributed by atoms with Crippen molar-refractivity contribution in [1.29, 1.82) is 0 Å². The van der Waals surface area contributed by atoms with Gasteiger partial charge in [0.05, 0.1) is 12.0 Å². The van der Waals surface area contributed by atoms with E-state index in [2.05, 4.69) is 4.98 Å². The Morgan fingerprint density at radius 3 is 2.80 bits per heavy atom. The number of H-pyrrole nitrogens is 1. The topological polar surface area (TPSA) is 28.9 Å². The number of furan rings is 1. The molecule has 2 heterocycles. The number of hydrogen-bond acceptors (Lipinski definition) is 1. The van der Waals surface area contributed by atoms with Gasteiger partial charge >= 0.3 is 0 Å². The van der Waals surface area contributed by atoms with Crippen molar-refractivity contribution in [2.45, 2.75) is 0 Å². The summed E-state index contributed by atoms with van der Waals surface area (Å²) in [6.07, 6.45) is 1.66. The number of benzene rings is 1. The molecule has 3 aromatic rings. The van der Waals surface area contributed by atoms with Gasteiger partial charge < -0.3 is 9.40 Å². The molecule has 0 bridgehead atoms. The quantitative estimate of drug-likeness (QED) is 0.654. The number of halogens is 1. The van der Waals surface area contributed by atoms with Gasteiger partial charge in [0.25, 0.3) is 0 Å². The predicted molar refractivity (Wildman–Crippen MR) is 61.0 cm³/mol. The largest absolute Gasteiger partial charge is 0.463 e. The highest BCUT2D eigenvalue weighted by Crippen LogP contribution is 2.28. The van der Waals surface area contributed by atoms with E-state index in [-0.39, 0.29) is 0 Å². The Kier molecular flexibility index (Phi) is 1.82. The molecule has 3 rings (SSSR count). The van der Waals surface area contributed by atoms with Gasteiger partial charge in [-0.1, -0.05) is 17.7 Å². The molecule has 15 heavy (non-hydrogen) atoms. The lowest BCUT2D eigenvalue weighted by Gasteiger charge is -1.90. The van der Waals surface area contributed by atoms with Crippen molar-refractivity contribution >= 4 is 22.5 Å². The Bertz CT molecular complexity index is 595. The minimum Gasteiger partial charge on any atom is -0.463 e. The molecule has 0 spiro atoms. The lowest BCUT2D eigenvalue weighted by molar-refractivity contribution is 0.580. The summed E-state index contributed by atoms with van der Waals surface area (Å²) in [5.41, 5.74) is 1.97. The van der Waals surface area contributed by atoms with Gasteiger partial charge in [-0.25, -0.2) is 0 Å². The minimum absolute atomic E-state index is 0.751. The van der Waals surface area contributed by atoms with Gasteiger partial charge in [0.1, 0.15) is 5.76 Å². The molecule has 3 heteroatoms. The zero-order chi connectivity index (χ0) is 10.3. The van der Waals surface area contributed by atoms with Gasteiger partial charge in [0.15, 0.2) is 0 Å². The standard InChI is InChI=1S/C12H8ClNO/c13-9-3-1-4-10-8(9)7-11(14-10)12-5-2-6-15-12/h1-7,14H. The zero-order valence-corrected chi connectivity index (χ0v) is 8.58. The molecule has 0 radical (unpaired) electrons. The summed E-state index contributed by atoms with van der Waals surface area (Å²) in [6.45, 7) is 0. The monoisotopic (exact) mass is 217 g/mol. The van der Waals surface area contributed by atoms with Crippen LogP contribution in [0.25, 0.3) is 22.4 Å². The number of rotatable bonds is 1. The van der Waals surface area contributed by atoms with Gasteiger partial charge in [-0.3, -0.25) is 0 Å². The van der Waals surface area contributed by atoms with Crippen molar-refractivity contribution < 1.29 is 4.42 Å². The Morgan fingerprint density at radius 1 is 1.13 bits per heavy atom. The molecule has 0 fully saturated rings. The summed E-state index contributed by atoms with van der Waals surface area (Å²) in [4.78, 5) is 3.26. The minimum atomic E-state index is 0.751. The maximum absolute atomic E-state index is 6.08. The Hall–Kier alpha value is -1.67. The van der Waals surface area contributed by atoms with E-state index in [1.54, 1.807) is 6.26 Å². The third-order valence-corrected chi connectivity index (χ3v) is 2.73. The first kappa shape index (κ1) is 8.62. The molecule has 0 atom stereocenters. The van der Waals surface area contributed by atoms with Crippen molar-refractivity contribution in [3.8, 4) is 11.5 Å². The van der Waals surface area contributed by atoms with E-state index < -0.39 is 0 Å². The summed E-state index contributed by atoms with van der Waals surface area (Å²) in [5, 5.41) is 1.77. The summed E-state index contributed by atoms with van der Waals surface area (Å²) < 4.78 is 5.31. The molecule has 0 aliphatic carbocycles. The van der Waals surface area contributed by atoms with Crippen LogP contribution in [0, 0.1) is 0 Å². The SMILES string of the molecule is Clc1cccc2[nH]c(-c3ccco3)cc12. The normalized spacial score (nSPS) is 11.0. The summed E-state index contributed by atoms with van der Waals surface area (Å²) in [5.74, 6) is 0.822. The molecule has 0 aliphatic heterocycles. The fourth-order valence-electron chi connectivity index (χ4n) is 1.68. The average Bonchev–Trinajstić information content (AvgIpc) is 2.86. The second-order valence-electron chi connectivity index (χ2n) is 3.36. The Labute approximate surface area is 91.5 Å². The van der Waals surface area contributed by atoms with Crippen LogP contribution in [0.1, 0.15) is 0 Å². The number of hydrogen-bond donors (Lipinski definition) is 1. The first-order chi connectivity index (χ1) is 7.34. The molecule has 2 aromatic heterocycles. The van der Waals surface area contributed by atoms with Crippen LogP contribution in [-0.2, 0) is 0 Å². The van der Waals surface area contributed by atoms with Crippen LogP contribution in [0.3, 0.4) is 0 Å². The first-order valence-electron chi connectivity index (χ1n) is 4.66. The maximum atomic E-state index is 6.08. The zero-order valence-electron chi connectivity index (χ0n) is 7.83.